The number of nitrogens with one attached hydrogen (secondary N) is 2. The van der Waals surface area contributed by atoms with Crippen LogP contribution in [0.4, 0.5) is 17.1 Å². The van der Waals surface area contributed by atoms with Gasteiger partial charge >= 0.3 is 17.9 Å². The summed E-state index contributed by atoms with van der Waals surface area (Å²) >= 11 is 0. The number of anilines is 3. The van der Waals surface area contributed by atoms with E-state index >= 15 is 0 Å². The Morgan fingerprint density at radius 3 is 1.10 bits per heavy atom. The standard InChI is InChI=1S/C34H37N3O2.2C32H33N3O2/c1-5-36-22-30(21-35-36)28-13-16-32-29(20-28)19-24(4)37(31-14-8-26(9-15-31)18-23(2)3)34(32)27-11-6-25(7-12-27)10-17-33(38)39;1-21(2)24-10-13-29(14-11-24)35-22(3)17-27-18-26(28-19-33-34(4)20-28)12-15-30(27)32(35)25-8-5-23(6-9-25)7-16-31(36)37;1-4-23-8-14-29(15-9-23)35-22(3)18-27-19-26(28-20-33-34(5-2)21-28)13-16-30(27)32(35)25-11-6-24(7-12-25)10-17-31(36)37/h6-17,20-24,34H,5,18-19H2,1-4H3,(H,38,39);5-16,18-22,32H,17H2,1-4H3,(H,36,37);6-17,19-22,32H,4-5,18H2,1-3H3,(H,36,37)/p+2/b17-10+;16-7+;17-10+. The molecule has 6 unspecified atom stereocenters. The highest BCUT2D eigenvalue weighted by Gasteiger charge is 2.38. The second-order valence-electron chi connectivity index (χ2n) is 31.1. The summed E-state index contributed by atoms with van der Waals surface area (Å²) < 4.78 is 6.01. The van der Waals surface area contributed by atoms with Crippen LogP contribution in [0.5, 0.6) is 0 Å². The van der Waals surface area contributed by atoms with Crippen LogP contribution in [0.3, 0.4) is 0 Å². The van der Waals surface area contributed by atoms with Crippen LogP contribution in [0, 0.1) is 5.92 Å². The predicted octanol–water partition coefficient (Wildman–Crippen LogP) is 19.9. The molecule has 3 aromatic heterocycles. The zero-order valence-corrected chi connectivity index (χ0v) is 66.7. The molecule has 0 aliphatic carbocycles. The predicted molar refractivity (Wildman–Crippen MR) is 456 cm³/mol. The highest BCUT2D eigenvalue weighted by Crippen LogP contribution is 2.47. The van der Waals surface area contributed by atoms with Gasteiger partial charge < -0.3 is 30.0 Å². The Balaban J connectivity index is 0.000000148. The van der Waals surface area contributed by atoms with Crippen LogP contribution in [0.1, 0.15) is 177 Å². The van der Waals surface area contributed by atoms with Gasteiger partial charge in [-0.15, -0.1) is 9.36 Å². The Kier molecular flexibility index (Phi) is 24.6. The second-order valence-corrected chi connectivity index (χ2v) is 31.1. The lowest BCUT2D eigenvalue weighted by molar-refractivity contribution is -0.746. The Morgan fingerprint density at radius 1 is 0.451 bits per heavy atom. The number of H-pyrrole nitrogens is 2. The van der Waals surface area contributed by atoms with E-state index in [1.54, 1.807) is 18.2 Å². The lowest BCUT2D eigenvalue weighted by Gasteiger charge is -2.44. The van der Waals surface area contributed by atoms with Gasteiger partial charge in [-0.05, 0) is 233 Å². The van der Waals surface area contributed by atoms with Crippen molar-refractivity contribution in [3.63, 3.8) is 0 Å². The van der Waals surface area contributed by atoms with Gasteiger partial charge in [0.05, 0.1) is 47.8 Å². The summed E-state index contributed by atoms with van der Waals surface area (Å²) in [4.78, 5) is 40.5. The first-order valence-corrected chi connectivity index (χ1v) is 39.8. The summed E-state index contributed by atoms with van der Waals surface area (Å²) in [5.41, 5.74) is 29.0. The first-order chi connectivity index (χ1) is 54.6. The number of fused-ring (bicyclic) bond motifs is 3. The van der Waals surface area contributed by atoms with Crippen molar-refractivity contribution in [3.8, 4) is 33.4 Å². The third-order valence-corrected chi connectivity index (χ3v) is 22.3. The van der Waals surface area contributed by atoms with Gasteiger partial charge in [-0.3, -0.25) is 4.68 Å². The van der Waals surface area contributed by atoms with E-state index in [-0.39, 0.29) is 24.2 Å². The van der Waals surface area contributed by atoms with Gasteiger partial charge in [-0.1, -0.05) is 198 Å². The van der Waals surface area contributed by atoms with Crippen LogP contribution >= 0.6 is 0 Å². The third kappa shape index (κ3) is 18.5. The molecular weight excluding hydrogens is 1400 g/mol. The number of rotatable bonds is 21. The highest BCUT2D eigenvalue weighted by atomic mass is 16.4. The summed E-state index contributed by atoms with van der Waals surface area (Å²) in [5, 5.41) is 38.0. The number of aliphatic carboxylic acids is 3. The number of carboxylic acid groups (broad SMARTS) is 3. The molecule has 15 nitrogen and oxygen atoms in total. The molecule has 0 spiro atoms. The van der Waals surface area contributed by atoms with Gasteiger partial charge in [0.2, 0.25) is 12.4 Å². The Hall–Kier alpha value is -12.4. The SMILES string of the molecule is CC(C)c1ccc(N2C(C)Cc3cc(-c4cnn(C)c4)ccc3C2c2ccc(/C=C/C(=O)O)cc2)cc1.CC[n+]1cc(-c2ccc3c(c2)CC(C)N(c2ccc(CC(C)C)cc2)C3c2ccc(/C=C/C(=O)O)cc2)c[nH]1.CCc1ccc(N2C(C)Cc3cc(-c4c[nH][n+](CC)c4)ccc3C2c2ccc(/C=C/C(=O)O)cc2)cc1. The van der Waals surface area contributed by atoms with Gasteiger partial charge in [0.25, 0.3) is 0 Å². The maximum Gasteiger partial charge on any atom is 0.328 e. The smallest absolute Gasteiger partial charge is 0.328 e. The number of benzene rings is 9. The van der Waals surface area contributed by atoms with E-state index in [2.05, 4.69) is 303 Å². The molecule has 3 aliphatic heterocycles. The van der Waals surface area contributed by atoms with Crippen molar-refractivity contribution in [2.45, 2.75) is 157 Å². The molecule has 576 valence electrons. The van der Waals surface area contributed by atoms with Gasteiger partial charge in [0.15, 0.2) is 13.1 Å². The minimum atomic E-state index is -0.945. The largest absolute Gasteiger partial charge is 0.478 e. The number of aromatic amines is 2. The highest BCUT2D eigenvalue weighted by molar-refractivity contribution is 5.86. The topological polar surface area (TPSA) is 179 Å². The monoisotopic (exact) mass is 1500 g/mol. The summed E-state index contributed by atoms with van der Waals surface area (Å²) in [7, 11) is 1.94. The van der Waals surface area contributed by atoms with Crippen LogP contribution in [-0.2, 0) is 66.6 Å². The molecule has 12 aromatic rings. The maximum atomic E-state index is 11.0. The van der Waals surface area contributed by atoms with Crippen molar-refractivity contribution in [1.82, 2.24) is 20.0 Å². The van der Waals surface area contributed by atoms with E-state index in [9.17, 15) is 14.4 Å². The summed E-state index contributed by atoms with van der Waals surface area (Å²) in [6, 6.07) is 73.4. The first kappa shape index (κ1) is 78.8. The number of carbonyl (C=O) groups is 3. The van der Waals surface area contributed by atoms with Crippen molar-refractivity contribution < 1.29 is 39.1 Å². The van der Waals surface area contributed by atoms with Crippen molar-refractivity contribution >= 4 is 53.2 Å². The van der Waals surface area contributed by atoms with E-state index < -0.39 is 17.9 Å². The van der Waals surface area contributed by atoms with Crippen LogP contribution in [-0.4, -0.2) is 71.3 Å². The lowest BCUT2D eigenvalue weighted by Crippen LogP contribution is -2.42. The molecule has 0 amide bonds. The van der Waals surface area contributed by atoms with Crippen LogP contribution < -0.4 is 24.1 Å². The quantitative estimate of drug-likeness (QED) is 0.0343. The molecule has 6 atom stereocenters. The van der Waals surface area contributed by atoms with Crippen molar-refractivity contribution in [1.29, 1.82) is 0 Å². The molecule has 0 radical (unpaired) electrons. The molecule has 0 saturated heterocycles. The average molecular weight is 1500 g/mol. The van der Waals surface area contributed by atoms with Gasteiger partial charge in [0, 0.05) is 72.2 Å². The number of hydrogen-bond donors (Lipinski definition) is 5. The molecule has 0 bridgehead atoms. The van der Waals surface area contributed by atoms with Crippen molar-refractivity contribution in [3.05, 3.63) is 339 Å². The second kappa shape index (κ2) is 35.3. The fourth-order valence-electron chi connectivity index (χ4n) is 16.5. The average Bonchev–Trinajstić information content (AvgIpc) is 1.42. The minimum Gasteiger partial charge on any atom is -0.478 e. The molecular formula is C98H105N9O6+2. The lowest BCUT2D eigenvalue weighted by atomic mass is 9.83. The van der Waals surface area contributed by atoms with Gasteiger partial charge in [0.1, 0.15) is 0 Å². The zero-order valence-electron chi connectivity index (χ0n) is 66.7. The van der Waals surface area contributed by atoms with Crippen molar-refractivity contribution in [2.24, 2.45) is 13.0 Å². The van der Waals surface area contributed by atoms with E-state index in [0.29, 0.717) is 23.9 Å². The summed E-state index contributed by atoms with van der Waals surface area (Å²) in [6.07, 6.45) is 25.9. The van der Waals surface area contributed by atoms with E-state index in [1.165, 1.54) is 130 Å². The first-order valence-electron chi connectivity index (χ1n) is 39.8. The number of hydrogen-bond acceptors (Lipinski definition) is 7. The molecule has 0 fully saturated rings. The molecule has 15 heteroatoms. The van der Waals surface area contributed by atoms with Crippen molar-refractivity contribution in [2.75, 3.05) is 14.7 Å². The van der Waals surface area contributed by atoms with E-state index in [4.69, 9.17) is 15.3 Å². The van der Waals surface area contributed by atoms with E-state index in [0.717, 1.165) is 67.4 Å². The van der Waals surface area contributed by atoms with Crippen LogP contribution in [0.15, 0.2) is 256 Å². The van der Waals surface area contributed by atoms with Gasteiger partial charge in [-0.2, -0.15) is 15.3 Å². The fourth-order valence-corrected chi connectivity index (χ4v) is 16.5. The fraction of sp³-hybridized carbons (Fsp3) is 0.265. The Bertz CT molecular complexity index is 5380. The molecule has 9 aromatic carbocycles. The number of aromatic nitrogens is 6. The Labute approximate surface area is 665 Å². The van der Waals surface area contributed by atoms with Gasteiger partial charge in [-0.25, -0.2) is 14.4 Å². The number of carboxylic acids is 3. The van der Waals surface area contributed by atoms with Crippen LogP contribution in [0.2, 0.25) is 0 Å². The van der Waals surface area contributed by atoms with Crippen LogP contribution in [0.25, 0.3) is 51.6 Å². The van der Waals surface area contributed by atoms with E-state index in [1.807, 2.05) is 54.3 Å². The molecule has 113 heavy (non-hydrogen) atoms. The zero-order chi connectivity index (χ0) is 79.6. The number of aryl methyl sites for hydroxylation is 4. The molecule has 6 heterocycles. The normalized spacial score (nSPS) is 17.2. The molecule has 5 N–H and O–H groups in total. The number of nitrogens with zero attached hydrogens (tertiary/aromatic N) is 7. The summed E-state index contributed by atoms with van der Waals surface area (Å²) in [5.74, 6) is -1.72. The summed E-state index contributed by atoms with van der Waals surface area (Å²) in [6.45, 7) is 24.1. The maximum absolute atomic E-state index is 11.0. The molecule has 15 rings (SSSR count). The third-order valence-electron chi connectivity index (χ3n) is 22.3. The Morgan fingerprint density at radius 2 is 0.796 bits per heavy atom. The minimum absolute atomic E-state index is 0.0455. The molecule has 3 aliphatic rings. The molecule has 0 saturated carbocycles.